The Bertz CT molecular complexity index is 607. The van der Waals surface area contributed by atoms with Crippen LogP contribution in [0.4, 0.5) is 0 Å². The van der Waals surface area contributed by atoms with Crippen LogP contribution in [0, 0.1) is 5.41 Å². The summed E-state index contributed by atoms with van der Waals surface area (Å²) < 4.78 is 10.9. The van der Waals surface area contributed by atoms with Crippen molar-refractivity contribution in [3.63, 3.8) is 0 Å². The molecule has 0 aromatic carbocycles. The Morgan fingerprint density at radius 3 is 2.70 bits per heavy atom. The zero-order valence-electron chi connectivity index (χ0n) is 17.2. The molecular formula is C20H35N5O2. The lowest BCUT2D eigenvalue weighted by Gasteiger charge is -2.44. The number of likely N-dealkylation sites (tertiary alicyclic amines) is 1. The topological polar surface area (TPSA) is 75.8 Å². The summed E-state index contributed by atoms with van der Waals surface area (Å²) >= 11 is 0. The molecule has 7 nitrogen and oxygen atoms in total. The van der Waals surface area contributed by atoms with Crippen LogP contribution in [0.2, 0.25) is 0 Å². The maximum Gasteiger partial charge on any atom is 0.246 e. The second kappa shape index (κ2) is 9.53. The number of hydrogen-bond donors (Lipinski definition) is 1. The minimum absolute atomic E-state index is 0.149. The second-order valence-corrected chi connectivity index (χ2v) is 7.98. The molecule has 2 fully saturated rings. The molecule has 0 radical (unpaired) electrons. The molecule has 1 N–H and O–H groups in total. The van der Waals surface area contributed by atoms with Crippen molar-refractivity contribution in [1.82, 2.24) is 20.4 Å². The normalized spacial score (nSPS) is 21.9. The van der Waals surface area contributed by atoms with E-state index in [0.29, 0.717) is 30.3 Å². The van der Waals surface area contributed by atoms with E-state index < -0.39 is 0 Å². The van der Waals surface area contributed by atoms with Crippen LogP contribution in [0.15, 0.2) is 9.52 Å². The molecule has 1 aromatic heterocycles. The monoisotopic (exact) mass is 377 g/mol. The van der Waals surface area contributed by atoms with E-state index >= 15 is 0 Å². The molecule has 1 spiro atoms. The average Bonchev–Trinajstić information content (AvgIpc) is 3.04. The zero-order valence-corrected chi connectivity index (χ0v) is 17.2. The molecule has 1 saturated carbocycles. The van der Waals surface area contributed by atoms with Crippen molar-refractivity contribution in [2.24, 2.45) is 10.4 Å². The minimum atomic E-state index is -0.149. The van der Waals surface area contributed by atoms with Crippen molar-refractivity contribution in [3.8, 4) is 0 Å². The number of nitrogens with zero attached hydrogens (tertiary/aromatic N) is 4. The van der Waals surface area contributed by atoms with Gasteiger partial charge in [0.2, 0.25) is 5.89 Å². The Kier molecular flexibility index (Phi) is 7.10. The van der Waals surface area contributed by atoms with E-state index in [2.05, 4.69) is 25.3 Å². The molecule has 1 aliphatic heterocycles. The van der Waals surface area contributed by atoms with E-state index in [1.54, 1.807) is 0 Å². The Balaban J connectivity index is 1.57. The fraction of sp³-hybridized carbons (Fsp3) is 0.850. The summed E-state index contributed by atoms with van der Waals surface area (Å²) in [5.74, 6) is 2.11. The van der Waals surface area contributed by atoms with Gasteiger partial charge in [-0.3, -0.25) is 4.99 Å². The molecule has 1 saturated heterocycles. The van der Waals surface area contributed by atoms with Crippen molar-refractivity contribution in [2.45, 2.75) is 77.9 Å². The van der Waals surface area contributed by atoms with Crippen molar-refractivity contribution >= 4 is 5.96 Å². The molecule has 152 valence electrons. The highest BCUT2D eigenvalue weighted by molar-refractivity contribution is 5.79. The largest absolute Gasteiger partial charge is 0.371 e. The first-order valence-corrected chi connectivity index (χ1v) is 10.6. The molecular weight excluding hydrogens is 342 g/mol. The smallest absolute Gasteiger partial charge is 0.246 e. The first-order valence-electron chi connectivity index (χ1n) is 10.6. The highest BCUT2D eigenvalue weighted by Gasteiger charge is 2.36. The summed E-state index contributed by atoms with van der Waals surface area (Å²) in [4.78, 5) is 11.4. The molecule has 0 bridgehead atoms. The first kappa shape index (κ1) is 20.1. The molecule has 3 rings (SSSR count). The maximum absolute atomic E-state index is 5.52. The molecule has 2 heterocycles. The standard InChI is InChI=1S/C20H35N5O2/c1-4-26-16(2)18-23-17(27-24-18)14-22-19(21-3)25-13-9-12-20(15-25)10-7-5-6-8-11-20/h16H,4-15H2,1-3H3,(H,21,22). The molecule has 1 atom stereocenters. The number of aromatic nitrogens is 2. The van der Waals surface area contributed by atoms with Gasteiger partial charge in [0, 0.05) is 26.7 Å². The second-order valence-electron chi connectivity index (χ2n) is 7.98. The predicted molar refractivity (Wildman–Crippen MR) is 105 cm³/mol. The third kappa shape index (κ3) is 5.21. The summed E-state index contributed by atoms with van der Waals surface area (Å²) in [6, 6.07) is 0. The number of ether oxygens (including phenoxy) is 1. The third-order valence-corrected chi connectivity index (χ3v) is 6.00. The lowest BCUT2D eigenvalue weighted by Crippen LogP contribution is -2.50. The van der Waals surface area contributed by atoms with E-state index in [0.717, 1.165) is 19.0 Å². The van der Waals surface area contributed by atoms with Gasteiger partial charge in [-0.15, -0.1) is 0 Å². The Hall–Kier alpha value is -1.63. The van der Waals surface area contributed by atoms with Crippen LogP contribution in [0.5, 0.6) is 0 Å². The van der Waals surface area contributed by atoms with E-state index in [9.17, 15) is 0 Å². The van der Waals surface area contributed by atoms with E-state index in [4.69, 9.17) is 9.26 Å². The lowest BCUT2D eigenvalue weighted by molar-refractivity contribution is 0.0683. The number of hydrogen-bond acceptors (Lipinski definition) is 5. The van der Waals surface area contributed by atoms with Gasteiger partial charge >= 0.3 is 0 Å². The summed E-state index contributed by atoms with van der Waals surface area (Å²) in [7, 11) is 1.85. The maximum atomic E-state index is 5.52. The number of aliphatic imine (C=N–C) groups is 1. The van der Waals surface area contributed by atoms with E-state index in [-0.39, 0.29) is 6.10 Å². The highest BCUT2D eigenvalue weighted by Crippen LogP contribution is 2.42. The Morgan fingerprint density at radius 1 is 1.26 bits per heavy atom. The van der Waals surface area contributed by atoms with Crippen molar-refractivity contribution in [2.75, 3.05) is 26.7 Å². The third-order valence-electron chi connectivity index (χ3n) is 6.00. The van der Waals surface area contributed by atoms with Crippen molar-refractivity contribution < 1.29 is 9.26 Å². The van der Waals surface area contributed by atoms with Gasteiger partial charge in [-0.25, -0.2) is 0 Å². The summed E-state index contributed by atoms with van der Waals surface area (Å²) in [6.45, 7) is 7.20. The van der Waals surface area contributed by atoms with Crippen LogP contribution in [-0.4, -0.2) is 47.7 Å². The van der Waals surface area contributed by atoms with Crippen LogP contribution >= 0.6 is 0 Å². The molecule has 0 amide bonds. The molecule has 2 aliphatic rings. The molecule has 1 aliphatic carbocycles. The quantitative estimate of drug-likeness (QED) is 0.623. The molecule has 1 aromatic rings. The van der Waals surface area contributed by atoms with Crippen LogP contribution in [0.1, 0.15) is 83.0 Å². The van der Waals surface area contributed by atoms with Gasteiger partial charge in [0.1, 0.15) is 6.10 Å². The molecule has 1 unspecified atom stereocenters. The molecule has 27 heavy (non-hydrogen) atoms. The molecule has 7 heteroatoms. The minimum Gasteiger partial charge on any atom is -0.371 e. The summed E-state index contributed by atoms with van der Waals surface area (Å²) in [5.41, 5.74) is 0.483. The zero-order chi connectivity index (χ0) is 19.1. The fourth-order valence-electron chi connectivity index (χ4n) is 4.59. The van der Waals surface area contributed by atoms with Gasteiger partial charge in [-0.05, 0) is 44.9 Å². The van der Waals surface area contributed by atoms with Crippen LogP contribution < -0.4 is 5.32 Å². The van der Waals surface area contributed by atoms with Crippen LogP contribution in [0.25, 0.3) is 0 Å². The number of nitrogens with one attached hydrogen (secondary N) is 1. The highest BCUT2D eigenvalue weighted by atomic mass is 16.5. The Morgan fingerprint density at radius 2 is 2.00 bits per heavy atom. The summed E-state index contributed by atoms with van der Waals surface area (Å²) in [5, 5.41) is 7.44. The summed E-state index contributed by atoms with van der Waals surface area (Å²) in [6.07, 6.45) is 10.7. The average molecular weight is 378 g/mol. The van der Waals surface area contributed by atoms with E-state index in [1.165, 1.54) is 51.4 Å². The van der Waals surface area contributed by atoms with Gasteiger partial charge in [0.05, 0.1) is 6.54 Å². The van der Waals surface area contributed by atoms with Gasteiger partial charge in [0.15, 0.2) is 11.8 Å². The number of guanidine groups is 1. The van der Waals surface area contributed by atoms with Gasteiger partial charge in [-0.2, -0.15) is 4.98 Å². The van der Waals surface area contributed by atoms with Crippen LogP contribution in [-0.2, 0) is 11.3 Å². The van der Waals surface area contributed by atoms with Crippen LogP contribution in [0.3, 0.4) is 0 Å². The first-order chi connectivity index (χ1) is 13.2. The number of rotatable bonds is 5. The fourth-order valence-corrected chi connectivity index (χ4v) is 4.59. The SMILES string of the molecule is CCOC(C)c1noc(CNC(=NC)N2CCCC3(CCCCCC3)C2)n1. The lowest BCUT2D eigenvalue weighted by atomic mass is 9.74. The van der Waals surface area contributed by atoms with E-state index in [1.807, 2.05) is 20.9 Å². The van der Waals surface area contributed by atoms with Gasteiger partial charge < -0.3 is 19.5 Å². The van der Waals surface area contributed by atoms with Crippen molar-refractivity contribution in [3.05, 3.63) is 11.7 Å². The van der Waals surface area contributed by atoms with Gasteiger partial charge in [0.25, 0.3) is 0 Å². The number of piperidine rings is 1. The predicted octanol–water partition coefficient (Wildman–Crippen LogP) is 3.68. The Labute approximate surface area is 162 Å². The van der Waals surface area contributed by atoms with Crippen molar-refractivity contribution in [1.29, 1.82) is 0 Å². The van der Waals surface area contributed by atoms with Gasteiger partial charge in [-0.1, -0.05) is 30.8 Å².